The average Bonchev–Trinajstić information content (AvgIpc) is 3.04. The molecule has 1 N–H and O–H groups in total. The molecule has 0 saturated heterocycles. The summed E-state index contributed by atoms with van der Waals surface area (Å²) in [6.45, 7) is 0.765. The average molecular weight is 315 g/mol. The number of alkyl halides is 1. The van der Waals surface area contributed by atoms with Crippen LogP contribution in [0.3, 0.4) is 0 Å². The van der Waals surface area contributed by atoms with Gasteiger partial charge in [0.1, 0.15) is 5.01 Å². The van der Waals surface area contributed by atoms with Crippen LogP contribution in [-0.2, 0) is 13.0 Å². The highest BCUT2D eigenvalue weighted by atomic mass is 35.5. The third-order valence-electron chi connectivity index (χ3n) is 3.98. The van der Waals surface area contributed by atoms with Crippen LogP contribution in [-0.4, -0.2) is 10.4 Å². The Morgan fingerprint density at radius 2 is 1.95 bits per heavy atom. The highest BCUT2D eigenvalue weighted by molar-refractivity contribution is 7.18. The molecule has 1 aromatic heterocycles. The van der Waals surface area contributed by atoms with Crippen molar-refractivity contribution in [3.8, 4) is 0 Å². The van der Waals surface area contributed by atoms with Gasteiger partial charge in [0.2, 0.25) is 0 Å². The zero-order chi connectivity index (χ0) is 14.2. The normalized spacial score (nSPS) is 20.8. The Kier molecular flexibility index (Phi) is 3.42. The minimum absolute atomic E-state index is 0.122. The van der Waals surface area contributed by atoms with Gasteiger partial charge in [0, 0.05) is 12.6 Å². The van der Waals surface area contributed by atoms with Crippen LogP contribution < -0.4 is 5.32 Å². The molecule has 4 heteroatoms. The molecule has 0 radical (unpaired) electrons. The highest BCUT2D eigenvalue weighted by Crippen LogP contribution is 2.35. The monoisotopic (exact) mass is 314 g/mol. The topological polar surface area (TPSA) is 24.9 Å². The number of aromatic nitrogens is 1. The number of hydrogen-bond donors (Lipinski definition) is 1. The van der Waals surface area contributed by atoms with Crippen molar-refractivity contribution in [2.45, 2.75) is 24.4 Å². The van der Waals surface area contributed by atoms with Crippen LogP contribution in [0.1, 0.15) is 22.2 Å². The summed E-state index contributed by atoms with van der Waals surface area (Å²) in [5, 5.41) is 4.82. The molecule has 2 nitrogen and oxygen atoms in total. The summed E-state index contributed by atoms with van der Waals surface area (Å²) >= 11 is 8.26. The smallest absolute Gasteiger partial charge is 0.108 e. The lowest BCUT2D eigenvalue weighted by molar-refractivity contribution is 0.535. The highest BCUT2D eigenvalue weighted by Gasteiger charge is 2.30. The summed E-state index contributed by atoms with van der Waals surface area (Å²) in [7, 11) is 0. The molecule has 0 bridgehead atoms. The number of fused-ring (bicyclic) bond motifs is 2. The lowest BCUT2D eigenvalue weighted by Crippen LogP contribution is -2.25. The third-order valence-corrected chi connectivity index (χ3v) is 5.42. The van der Waals surface area contributed by atoms with E-state index in [2.05, 4.69) is 52.8 Å². The number of para-hydroxylation sites is 1. The van der Waals surface area contributed by atoms with Gasteiger partial charge in [-0.15, -0.1) is 22.9 Å². The van der Waals surface area contributed by atoms with Crippen LogP contribution in [0.5, 0.6) is 0 Å². The van der Waals surface area contributed by atoms with E-state index in [1.807, 2.05) is 6.07 Å². The molecule has 4 rings (SSSR count). The van der Waals surface area contributed by atoms with E-state index >= 15 is 0 Å². The fourth-order valence-corrected chi connectivity index (χ4v) is 4.29. The molecule has 0 aliphatic heterocycles. The van der Waals surface area contributed by atoms with Gasteiger partial charge >= 0.3 is 0 Å². The van der Waals surface area contributed by atoms with Gasteiger partial charge in [0.15, 0.2) is 0 Å². The number of benzene rings is 2. The number of rotatable bonds is 3. The maximum atomic E-state index is 6.51. The van der Waals surface area contributed by atoms with E-state index in [0.717, 1.165) is 23.5 Å². The molecule has 2 atom stereocenters. The molecule has 1 aliphatic carbocycles. The lowest BCUT2D eigenvalue weighted by Gasteiger charge is -2.16. The first-order valence-corrected chi connectivity index (χ1v) is 8.36. The van der Waals surface area contributed by atoms with Gasteiger partial charge in [0.25, 0.3) is 0 Å². The van der Waals surface area contributed by atoms with Gasteiger partial charge in [-0.2, -0.15) is 0 Å². The van der Waals surface area contributed by atoms with Gasteiger partial charge < -0.3 is 5.32 Å². The Labute approximate surface area is 132 Å². The van der Waals surface area contributed by atoms with E-state index in [4.69, 9.17) is 11.6 Å². The second-order valence-corrected chi connectivity index (χ2v) is 7.03. The predicted molar refractivity (Wildman–Crippen MR) is 89.0 cm³/mol. The number of nitrogens with zero attached hydrogens (tertiary/aromatic N) is 1. The Hall–Kier alpha value is -1.42. The molecule has 0 spiro atoms. The lowest BCUT2D eigenvalue weighted by atomic mass is 10.1. The molecule has 3 aromatic rings. The van der Waals surface area contributed by atoms with Crippen molar-refractivity contribution in [2.24, 2.45) is 0 Å². The van der Waals surface area contributed by atoms with Crippen molar-refractivity contribution in [2.75, 3.05) is 0 Å². The Bertz CT molecular complexity index is 750. The number of halogens is 1. The second kappa shape index (κ2) is 5.41. The molecular weight excluding hydrogens is 300 g/mol. The van der Waals surface area contributed by atoms with Crippen molar-refractivity contribution in [3.05, 3.63) is 64.7 Å². The summed E-state index contributed by atoms with van der Waals surface area (Å²) in [5.74, 6) is 0. The van der Waals surface area contributed by atoms with E-state index < -0.39 is 0 Å². The van der Waals surface area contributed by atoms with E-state index in [1.54, 1.807) is 11.3 Å². The summed E-state index contributed by atoms with van der Waals surface area (Å²) < 4.78 is 1.24. The minimum Gasteiger partial charge on any atom is -0.302 e. The van der Waals surface area contributed by atoms with Crippen LogP contribution in [0.25, 0.3) is 10.2 Å². The van der Waals surface area contributed by atoms with Crippen LogP contribution >= 0.6 is 22.9 Å². The van der Waals surface area contributed by atoms with Crippen molar-refractivity contribution in [1.82, 2.24) is 10.3 Å². The first kappa shape index (κ1) is 13.3. The Balaban J connectivity index is 1.54. The maximum Gasteiger partial charge on any atom is 0.108 e. The molecule has 2 unspecified atom stereocenters. The zero-order valence-corrected chi connectivity index (χ0v) is 13.0. The van der Waals surface area contributed by atoms with Gasteiger partial charge in [-0.05, 0) is 29.7 Å². The number of hydrogen-bond acceptors (Lipinski definition) is 3. The second-order valence-electron chi connectivity index (χ2n) is 5.35. The third kappa shape index (κ3) is 2.46. The summed E-state index contributed by atoms with van der Waals surface area (Å²) in [4.78, 5) is 4.67. The number of thiazole rings is 1. The van der Waals surface area contributed by atoms with Crippen LogP contribution in [0.15, 0.2) is 48.5 Å². The molecule has 0 saturated carbocycles. The van der Waals surface area contributed by atoms with Gasteiger partial charge in [0.05, 0.1) is 15.6 Å². The molecule has 0 fully saturated rings. The van der Waals surface area contributed by atoms with Crippen LogP contribution in [0.4, 0.5) is 0 Å². The van der Waals surface area contributed by atoms with E-state index in [0.29, 0.717) is 0 Å². The molecule has 0 amide bonds. The van der Waals surface area contributed by atoms with Crippen molar-refractivity contribution in [3.63, 3.8) is 0 Å². The molecule has 1 heterocycles. The Morgan fingerprint density at radius 1 is 1.14 bits per heavy atom. The fraction of sp³-hybridized carbons (Fsp3) is 0.235. The summed E-state index contributed by atoms with van der Waals surface area (Å²) in [6, 6.07) is 17.0. The van der Waals surface area contributed by atoms with Gasteiger partial charge in [-0.1, -0.05) is 36.4 Å². The molecule has 106 valence electrons. The first-order chi connectivity index (χ1) is 10.3. The maximum absolute atomic E-state index is 6.51. The predicted octanol–water partition coefficient (Wildman–Crippen LogP) is 4.29. The minimum atomic E-state index is 0.122. The van der Waals surface area contributed by atoms with E-state index in [9.17, 15) is 0 Å². The van der Waals surface area contributed by atoms with Crippen molar-refractivity contribution >= 4 is 33.2 Å². The zero-order valence-electron chi connectivity index (χ0n) is 11.4. The van der Waals surface area contributed by atoms with Crippen LogP contribution in [0.2, 0.25) is 0 Å². The van der Waals surface area contributed by atoms with E-state index in [-0.39, 0.29) is 11.4 Å². The van der Waals surface area contributed by atoms with Crippen molar-refractivity contribution < 1.29 is 0 Å². The first-order valence-electron chi connectivity index (χ1n) is 7.11. The fourth-order valence-electron chi connectivity index (χ4n) is 2.98. The molecule has 21 heavy (non-hydrogen) atoms. The van der Waals surface area contributed by atoms with E-state index in [1.165, 1.54) is 15.8 Å². The standard InChI is InChI=1S/C17H15ClN2S/c18-13-9-11-5-1-2-6-12(11)17(13)19-10-16-20-14-7-3-4-8-15(14)21-16/h1-8,13,17,19H,9-10H2. The summed E-state index contributed by atoms with van der Waals surface area (Å²) in [6.07, 6.45) is 0.940. The van der Waals surface area contributed by atoms with Gasteiger partial charge in [-0.3, -0.25) is 0 Å². The molecule has 2 aromatic carbocycles. The molecular formula is C17H15ClN2S. The van der Waals surface area contributed by atoms with Crippen molar-refractivity contribution in [1.29, 1.82) is 0 Å². The Morgan fingerprint density at radius 3 is 2.86 bits per heavy atom. The summed E-state index contributed by atoms with van der Waals surface area (Å²) in [5.41, 5.74) is 3.77. The van der Waals surface area contributed by atoms with Gasteiger partial charge in [-0.25, -0.2) is 4.98 Å². The number of nitrogens with one attached hydrogen (secondary N) is 1. The quantitative estimate of drug-likeness (QED) is 0.729. The molecule has 1 aliphatic rings. The SMILES string of the molecule is ClC1Cc2ccccc2C1NCc1nc2ccccc2s1. The largest absolute Gasteiger partial charge is 0.302 e. The van der Waals surface area contributed by atoms with Crippen LogP contribution in [0, 0.1) is 0 Å².